The van der Waals surface area contributed by atoms with Crippen molar-refractivity contribution in [2.75, 3.05) is 25.4 Å². The minimum Gasteiger partial charge on any atom is -0.384 e. The molecule has 1 atom stereocenters. The summed E-state index contributed by atoms with van der Waals surface area (Å²) in [6.45, 7) is 8.98. The van der Waals surface area contributed by atoms with Gasteiger partial charge >= 0.3 is 0 Å². The second-order valence-corrected chi connectivity index (χ2v) is 4.94. The van der Waals surface area contributed by atoms with Crippen LogP contribution in [0.1, 0.15) is 38.4 Å². The van der Waals surface area contributed by atoms with E-state index < -0.39 is 0 Å². The smallest absolute Gasteiger partial charge is 0.161 e. The first kappa shape index (κ1) is 13.2. The van der Waals surface area contributed by atoms with Crippen LogP contribution in [0.15, 0.2) is 6.07 Å². The molecule has 1 fully saturated rings. The van der Waals surface area contributed by atoms with Gasteiger partial charge < -0.3 is 10.5 Å². The van der Waals surface area contributed by atoms with Crippen molar-refractivity contribution in [3.8, 4) is 0 Å². The molecule has 2 heterocycles. The Morgan fingerprint density at radius 3 is 2.94 bits per heavy atom. The van der Waals surface area contributed by atoms with Crippen molar-refractivity contribution in [2.24, 2.45) is 0 Å². The number of nitrogens with two attached hydrogens (primary N) is 1. The predicted molar refractivity (Wildman–Crippen MR) is 71.2 cm³/mol. The largest absolute Gasteiger partial charge is 0.384 e. The van der Waals surface area contributed by atoms with Gasteiger partial charge in [0.15, 0.2) is 5.82 Å². The fourth-order valence-corrected chi connectivity index (χ4v) is 2.16. The number of aromatic nitrogens is 2. The van der Waals surface area contributed by atoms with E-state index in [1.165, 1.54) is 0 Å². The number of aryl methyl sites for hydroxylation is 1. The van der Waals surface area contributed by atoms with Crippen LogP contribution in [0.2, 0.25) is 0 Å². The van der Waals surface area contributed by atoms with E-state index in [-0.39, 0.29) is 6.10 Å². The highest BCUT2D eigenvalue weighted by molar-refractivity contribution is 5.30. The number of hydrogen-bond acceptors (Lipinski definition) is 5. The molecule has 0 aliphatic carbocycles. The van der Waals surface area contributed by atoms with Gasteiger partial charge in [0.25, 0.3) is 0 Å². The summed E-state index contributed by atoms with van der Waals surface area (Å²) in [5, 5.41) is 0. The number of nitrogen functional groups attached to an aromatic ring is 1. The molecule has 1 aromatic heterocycles. The zero-order chi connectivity index (χ0) is 13.1. The van der Waals surface area contributed by atoms with E-state index in [9.17, 15) is 0 Å². The highest BCUT2D eigenvalue weighted by atomic mass is 16.5. The highest BCUT2D eigenvalue weighted by Crippen LogP contribution is 2.21. The van der Waals surface area contributed by atoms with Gasteiger partial charge in [0.2, 0.25) is 0 Å². The van der Waals surface area contributed by atoms with E-state index in [1.807, 2.05) is 6.07 Å². The van der Waals surface area contributed by atoms with E-state index in [0.29, 0.717) is 11.9 Å². The molecule has 100 valence electrons. The molecule has 2 rings (SSSR count). The van der Waals surface area contributed by atoms with Gasteiger partial charge in [-0.25, -0.2) is 9.97 Å². The van der Waals surface area contributed by atoms with Gasteiger partial charge in [-0.3, -0.25) is 4.90 Å². The molecule has 0 saturated carbocycles. The molecule has 0 radical (unpaired) electrons. The Labute approximate surface area is 108 Å². The van der Waals surface area contributed by atoms with Crippen molar-refractivity contribution in [2.45, 2.75) is 39.3 Å². The van der Waals surface area contributed by atoms with E-state index in [4.69, 9.17) is 10.5 Å². The molecule has 2 N–H and O–H groups in total. The Morgan fingerprint density at radius 2 is 2.28 bits per heavy atom. The maximum Gasteiger partial charge on any atom is 0.161 e. The van der Waals surface area contributed by atoms with Crippen molar-refractivity contribution in [3.63, 3.8) is 0 Å². The van der Waals surface area contributed by atoms with E-state index in [1.54, 1.807) is 0 Å². The minimum absolute atomic E-state index is 0.0602. The van der Waals surface area contributed by atoms with Crippen LogP contribution in [0.3, 0.4) is 0 Å². The van der Waals surface area contributed by atoms with E-state index in [0.717, 1.165) is 37.6 Å². The van der Waals surface area contributed by atoms with Gasteiger partial charge in [-0.05, 0) is 20.3 Å². The summed E-state index contributed by atoms with van der Waals surface area (Å²) in [5.74, 6) is 1.25. The standard InChI is InChI=1S/C13H22N4O/c1-4-10-7-12(14)16-13(15-10)11-8-17(9(2)3)5-6-18-11/h7,9,11H,4-6,8H2,1-3H3,(H2,14,15,16). The monoisotopic (exact) mass is 250 g/mol. The summed E-state index contributed by atoms with van der Waals surface area (Å²) in [6.07, 6.45) is 0.801. The third-order valence-electron chi connectivity index (χ3n) is 3.29. The van der Waals surface area contributed by atoms with Crippen molar-refractivity contribution in [1.82, 2.24) is 14.9 Å². The van der Waals surface area contributed by atoms with Gasteiger partial charge in [-0.1, -0.05) is 6.92 Å². The van der Waals surface area contributed by atoms with Crippen molar-refractivity contribution >= 4 is 5.82 Å². The second kappa shape index (κ2) is 5.63. The van der Waals surface area contributed by atoms with Gasteiger partial charge in [0.1, 0.15) is 11.9 Å². The molecule has 5 heteroatoms. The summed E-state index contributed by atoms with van der Waals surface area (Å²) in [7, 11) is 0. The predicted octanol–water partition coefficient (Wildman–Crippen LogP) is 1.40. The average Bonchev–Trinajstić information content (AvgIpc) is 2.38. The number of hydrogen-bond donors (Lipinski definition) is 1. The first-order valence-corrected chi connectivity index (χ1v) is 6.59. The molecule has 0 spiro atoms. The Bertz CT molecular complexity index is 408. The molecule has 1 aliphatic rings. The number of rotatable bonds is 3. The van der Waals surface area contributed by atoms with Gasteiger partial charge in [-0.15, -0.1) is 0 Å². The number of nitrogens with zero attached hydrogens (tertiary/aromatic N) is 3. The van der Waals surface area contributed by atoms with Crippen LogP contribution >= 0.6 is 0 Å². The molecule has 0 bridgehead atoms. The number of morpholine rings is 1. The summed E-state index contributed by atoms with van der Waals surface area (Å²) in [4.78, 5) is 11.2. The molecule has 1 unspecified atom stereocenters. The molecule has 0 amide bonds. The molecule has 5 nitrogen and oxygen atoms in total. The Morgan fingerprint density at radius 1 is 1.50 bits per heavy atom. The van der Waals surface area contributed by atoms with Crippen LogP contribution in [0, 0.1) is 0 Å². The Kier molecular flexibility index (Phi) is 4.14. The van der Waals surface area contributed by atoms with Crippen molar-refractivity contribution in [3.05, 3.63) is 17.6 Å². The summed E-state index contributed by atoms with van der Waals surface area (Å²) < 4.78 is 5.78. The summed E-state index contributed by atoms with van der Waals surface area (Å²) in [5.41, 5.74) is 6.79. The summed E-state index contributed by atoms with van der Waals surface area (Å²) >= 11 is 0. The maximum absolute atomic E-state index is 5.82. The molecule has 1 aromatic rings. The summed E-state index contributed by atoms with van der Waals surface area (Å²) in [6, 6.07) is 2.34. The molecule has 1 aliphatic heterocycles. The lowest BCUT2D eigenvalue weighted by Gasteiger charge is -2.34. The molecular weight excluding hydrogens is 228 g/mol. The first-order valence-electron chi connectivity index (χ1n) is 6.59. The van der Waals surface area contributed by atoms with E-state index in [2.05, 4.69) is 35.6 Å². The minimum atomic E-state index is -0.0602. The lowest BCUT2D eigenvalue weighted by molar-refractivity contribution is -0.0442. The molecule has 18 heavy (non-hydrogen) atoms. The van der Waals surface area contributed by atoms with Crippen LogP contribution in [0.5, 0.6) is 0 Å². The zero-order valence-corrected chi connectivity index (χ0v) is 11.4. The molecular formula is C13H22N4O. The first-order chi connectivity index (χ1) is 8.60. The topological polar surface area (TPSA) is 64.3 Å². The maximum atomic E-state index is 5.82. The lowest BCUT2D eigenvalue weighted by atomic mass is 10.2. The molecule has 0 aromatic carbocycles. The number of ether oxygens (including phenoxy) is 1. The third kappa shape index (κ3) is 2.97. The third-order valence-corrected chi connectivity index (χ3v) is 3.29. The van der Waals surface area contributed by atoms with Crippen molar-refractivity contribution in [1.29, 1.82) is 0 Å². The average molecular weight is 250 g/mol. The van der Waals surface area contributed by atoms with E-state index >= 15 is 0 Å². The Hall–Kier alpha value is -1.20. The lowest BCUT2D eigenvalue weighted by Crippen LogP contribution is -2.42. The van der Waals surface area contributed by atoms with Crippen LogP contribution in [-0.2, 0) is 11.2 Å². The van der Waals surface area contributed by atoms with Gasteiger partial charge in [0, 0.05) is 30.9 Å². The van der Waals surface area contributed by atoms with Crippen LogP contribution in [0.25, 0.3) is 0 Å². The highest BCUT2D eigenvalue weighted by Gasteiger charge is 2.25. The zero-order valence-electron chi connectivity index (χ0n) is 11.4. The van der Waals surface area contributed by atoms with Crippen molar-refractivity contribution < 1.29 is 4.74 Å². The van der Waals surface area contributed by atoms with Gasteiger partial charge in [-0.2, -0.15) is 0 Å². The quantitative estimate of drug-likeness (QED) is 0.878. The Balaban J connectivity index is 2.17. The number of anilines is 1. The SMILES string of the molecule is CCc1cc(N)nc(C2CN(C(C)C)CCO2)n1. The van der Waals surface area contributed by atoms with Gasteiger partial charge in [0.05, 0.1) is 6.61 Å². The fraction of sp³-hybridized carbons (Fsp3) is 0.692. The normalized spacial score (nSPS) is 21.4. The van der Waals surface area contributed by atoms with Crippen LogP contribution < -0.4 is 5.73 Å². The van der Waals surface area contributed by atoms with Crippen LogP contribution in [0.4, 0.5) is 5.82 Å². The van der Waals surface area contributed by atoms with Crippen LogP contribution in [-0.4, -0.2) is 40.6 Å². The second-order valence-electron chi connectivity index (χ2n) is 4.94. The molecule has 1 saturated heterocycles. The fourth-order valence-electron chi connectivity index (χ4n) is 2.16.